The second-order valence-corrected chi connectivity index (χ2v) is 1.91. The lowest BCUT2D eigenvalue weighted by molar-refractivity contribution is 0.677. The molecule has 0 saturated carbocycles. The van der Waals surface area contributed by atoms with Crippen LogP contribution in [0.15, 0.2) is 18.2 Å². The van der Waals surface area contributed by atoms with Crippen molar-refractivity contribution < 1.29 is 0 Å². The fourth-order valence-electron chi connectivity index (χ4n) is 0.828. The van der Waals surface area contributed by atoms with E-state index in [0.717, 1.165) is 13.0 Å². The molecule has 1 rings (SSSR count). The molecule has 1 heteroatoms. The van der Waals surface area contributed by atoms with Gasteiger partial charge in [-0.05, 0) is 6.42 Å². The minimum Gasteiger partial charge on any atom is -0.307 e. The van der Waals surface area contributed by atoms with E-state index in [4.69, 9.17) is 6.58 Å². The summed E-state index contributed by atoms with van der Waals surface area (Å²) in [5.41, 5.74) is 0. The van der Waals surface area contributed by atoms with Crippen LogP contribution in [0.1, 0.15) is 6.42 Å². The van der Waals surface area contributed by atoms with E-state index >= 15 is 0 Å². The third kappa shape index (κ3) is 1.20. The van der Waals surface area contributed by atoms with Crippen LogP contribution in [-0.4, -0.2) is 12.6 Å². The maximum atomic E-state index is 5.21. The lowest BCUT2D eigenvalue weighted by Gasteiger charge is -2.02. The van der Waals surface area contributed by atoms with E-state index in [9.17, 15) is 0 Å². The fourth-order valence-corrected chi connectivity index (χ4v) is 0.828. The van der Waals surface area contributed by atoms with Gasteiger partial charge in [0.25, 0.3) is 0 Å². The Morgan fingerprint density at radius 1 is 1.88 bits per heavy atom. The molecule has 1 heterocycles. The van der Waals surface area contributed by atoms with Gasteiger partial charge in [0.1, 0.15) is 0 Å². The smallest absolute Gasteiger partial charge is 0.0288 e. The zero-order valence-electron chi connectivity index (χ0n) is 4.80. The summed E-state index contributed by atoms with van der Waals surface area (Å²) in [6.07, 6.45) is 6.89. The van der Waals surface area contributed by atoms with E-state index in [1.54, 1.807) is 6.08 Å². The zero-order chi connectivity index (χ0) is 5.82. The van der Waals surface area contributed by atoms with E-state index in [2.05, 4.69) is 17.5 Å². The summed E-state index contributed by atoms with van der Waals surface area (Å²) in [5, 5.41) is 3.24. The van der Waals surface area contributed by atoms with Crippen molar-refractivity contribution in [2.45, 2.75) is 12.5 Å². The molecule has 0 bridgehead atoms. The van der Waals surface area contributed by atoms with E-state index in [-0.39, 0.29) is 0 Å². The quantitative estimate of drug-likeness (QED) is 0.518. The van der Waals surface area contributed by atoms with Gasteiger partial charge in [-0.1, -0.05) is 24.8 Å². The van der Waals surface area contributed by atoms with Crippen molar-refractivity contribution in [1.29, 1.82) is 0 Å². The van der Waals surface area contributed by atoms with E-state index in [0.29, 0.717) is 6.04 Å². The van der Waals surface area contributed by atoms with Crippen LogP contribution in [0.2, 0.25) is 0 Å². The molecule has 0 aromatic carbocycles. The molecular weight excluding hydrogens is 98.1 g/mol. The Balaban J connectivity index is 2.25. The predicted molar refractivity (Wildman–Crippen MR) is 34.4 cm³/mol. The molecule has 8 heavy (non-hydrogen) atoms. The van der Waals surface area contributed by atoms with E-state index in [1.165, 1.54) is 0 Å². The summed E-state index contributed by atoms with van der Waals surface area (Å²) in [6, 6.07) is 0.500. The molecule has 1 aliphatic rings. The lowest BCUT2D eigenvalue weighted by atomic mass is 10.2. The van der Waals surface area contributed by atoms with Crippen LogP contribution in [0.5, 0.6) is 0 Å². The molecule has 1 N–H and O–H groups in total. The van der Waals surface area contributed by atoms with Crippen LogP contribution in [0.4, 0.5) is 0 Å². The average molecular weight is 108 g/mol. The van der Waals surface area contributed by atoms with Crippen LogP contribution in [0.3, 0.4) is 0 Å². The molecule has 1 nitrogen and oxygen atoms in total. The normalized spacial score (nSPS) is 26.2. The Kier molecular flexibility index (Phi) is 1.86. The zero-order valence-corrected chi connectivity index (χ0v) is 4.80. The Morgan fingerprint density at radius 2 is 2.75 bits per heavy atom. The largest absolute Gasteiger partial charge is 0.307 e. The van der Waals surface area contributed by atoms with Crippen molar-refractivity contribution in [3.05, 3.63) is 24.8 Å². The molecule has 1 unspecified atom stereocenters. The SMILES string of the molecule is [CH]=CCC1C=CCN1. The maximum absolute atomic E-state index is 5.21. The molecular formula is C7H10N. The monoisotopic (exact) mass is 108 g/mol. The van der Waals surface area contributed by atoms with Gasteiger partial charge in [-0.3, -0.25) is 0 Å². The van der Waals surface area contributed by atoms with Crippen LogP contribution >= 0.6 is 0 Å². The van der Waals surface area contributed by atoms with E-state index < -0.39 is 0 Å². The molecule has 0 aromatic rings. The van der Waals surface area contributed by atoms with Gasteiger partial charge in [-0.2, -0.15) is 0 Å². The summed E-state index contributed by atoms with van der Waals surface area (Å²) in [7, 11) is 0. The Hall–Kier alpha value is -0.560. The second-order valence-electron chi connectivity index (χ2n) is 1.91. The van der Waals surface area contributed by atoms with Gasteiger partial charge in [0, 0.05) is 12.6 Å². The summed E-state index contributed by atoms with van der Waals surface area (Å²) >= 11 is 0. The van der Waals surface area contributed by atoms with Gasteiger partial charge >= 0.3 is 0 Å². The van der Waals surface area contributed by atoms with Crippen molar-refractivity contribution in [2.75, 3.05) is 6.54 Å². The van der Waals surface area contributed by atoms with Crippen LogP contribution in [-0.2, 0) is 0 Å². The summed E-state index contributed by atoms with van der Waals surface area (Å²) in [6.45, 7) is 6.21. The van der Waals surface area contributed by atoms with Crippen LogP contribution in [0, 0.1) is 6.58 Å². The molecule has 1 atom stereocenters. The van der Waals surface area contributed by atoms with Crippen molar-refractivity contribution in [3.63, 3.8) is 0 Å². The van der Waals surface area contributed by atoms with Gasteiger partial charge in [0.15, 0.2) is 0 Å². The Morgan fingerprint density at radius 3 is 3.25 bits per heavy atom. The van der Waals surface area contributed by atoms with Crippen molar-refractivity contribution in [3.8, 4) is 0 Å². The van der Waals surface area contributed by atoms with Gasteiger partial charge in [0.05, 0.1) is 0 Å². The molecule has 0 saturated heterocycles. The number of nitrogens with one attached hydrogen (secondary N) is 1. The van der Waals surface area contributed by atoms with Gasteiger partial charge in [0.2, 0.25) is 0 Å². The number of rotatable bonds is 2. The predicted octanol–water partition coefficient (Wildman–Crippen LogP) is 0.894. The summed E-state index contributed by atoms with van der Waals surface area (Å²) in [4.78, 5) is 0. The third-order valence-corrected chi connectivity index (χ3v) is 1.26. The van der Waals surface area contributed by atoms with Gasteiger partial charge < -0.3 is 5.32 Å². The molecule has 0 fully saturated rings. The molecule has 43 valence electrons. The maximum Gasteiger partial charge on any atom is 0.0288 e. The first-order chi connectivity index (χ1) is 3.93. The minimum absolute atomic E-state index is 0.500. The van der Waals surface area contributed by atoms with Crippen molar-refractivity contribution in [2.24, 2.45) is 0 Å². The highest BCUT2D eigenvalue weighted by Gasteiger charge is 2.03. The molecule has 0 aliphatic carbocycles. The Bertz CT molecular complexity index is 105. The number of hydrogen-bond donors (Lipinski definition) is 1. The summed E-state index contributed by atoms with van der Waals surface area (Å²) < 4.78 is 0. The Labute approximate surface area is 50.1 Å². The summed E-state index contributed by atoms with van der Waals surface area (Å²) in [5.74, 6) is 0. The highest BCUT2D eigenvalue weighted by Crippen LogP contribution is 1.98. The molecule has 1 radical (unpaired) electrons. The van der Waals surface area contributed by atoms with Gasteiger partial charge in [-0.15, -0.1) is 0 Å². The second kappa shape index (κ2) is 2.68. The first-order valence-electron chi connectivity index (χ1n) is 2.87. The molecule has 1 aliphatic heterocycles. The average Bonchev–Trinajstić information content (AvgIpc) is 2.19. The first kappa shape index (κ1) is 5.57. The molecule has 0 spiro atoms. The minimum atomic E-state index is 0.500. The highest BCUT2D eigenvalue weighted by molar-refractivity contribution is 5.03. The fraction of sp³-hybridized carbons (Fsp3) is 0.429. The first-order valence-corrected chi connectivity index (χ1v) is 2.87. The molecule has 0 amide bonds. The van der Waals surface area contributed by atoms with Crippen LogP contribution in [0.25, 0.3) is 0 Å². The lowest BCUT2D eigenvalue weighted by Crippen LogP contribution is -2.20. The van der Waals surface area contributed by atoms with E-state index in [1.807, 2.05) is 0 Å². The van der Waals surface area contributed by atoms with Gasteiger partial charge in [-0.25, -0.2) is 0 Å². The van der Waals surface area contributed by atoms with Crippen molar-refractivity contribution >= 4 is 0 Å². The third-order valence-electron chi connectivity index (χ3n) is 1.26. The van der Waals surface area contributed by atoms with Crippen LogP contribution < -0.4 is 5.32 Å². The number of hydrogen-bond acceptors (Lipinski definition) is 1. The topological polar surface area (TPSA) is 12.0 Å². The highest BCUT2D eigenvalue weighted by atomic mass is 14.9. The standard InChI is InChI=1S/C7H10N/c1-2-4-7-5-3-6-8-7/h1-3,5,7-8H,4,6H2. The van der Waals surface area contributed by atoms with Crippen molar-refractivity contribution in [1.82, 2.24) is 5.32 Å². The molecule has 0 aromatic heterocycles.